The summed E-state index contributed by atoms with van der Waals surface area (Å²) in [5.74, 6) is 0. The van der Waals surface area contributed by atoms with Crippen molar-refractivity contribution in [3.05, 3.63) is 23.3 Å². The fourth-order valence-electron chi connectivity index (χ4n) is 3.27. The van der Waals surface area contributed by atoms with E-state index in [0.717, 1.165) is 43.0 Å². The standard InChI is InChI=1S/C17H23N3O2S2/c1-12-4-7-15-16(13(12)2)18-17(23-15)19-8-3-9-20(11-10-19)24(21,22)14-5-6-14/h4,7,14H,3,5-6,8-11H2,1-2H3. The number of fused-ring (bicyclic) bond motifs is 1. The summed E-state index contributed by atoms with van der Waals surface area (Å²) in [6.45, 7) is 7.04. The van der Waals surface area contributed by atoms with Crippen LogP contribution in [0.4, 0.5) is 5.13 Å². The molecule has 2 aromatic rings. The average Bonchev–Trinajstić information content (AvgIpc) is 3.35. The molecule has 7 heteroatoms. The molecule has 1 aliphatic carbocycles. The number of hydrogen-bond acceptors (Lipinski definition) is 5. The number of anilines is 1. The van der Waals surface area contributed by atoms with E-state index in [4.69, 9.17) is 4.98 Å². The van der Waals surface area contributed by atoms with Crippen LogP contribution in [0, 0.1) is 13.8 Å². The van der Waals surface area contributed by atoms with Gasteiger partial charge in [-0.15, -0.1) is 0 Å². The highest BCUT2D eigenvalue weighted by Crippen LogP contribution is 2.34. The molecule has 0 N–H and O–H groups in total. The Bertz CT molecular complexity index is 871. The van der Waals surface area contributed by atoms with E-state index in [0.29, 0.717) is 13.1 Å². The first-order valence-electron chi connectivity index (χ1n) is 8.57. The summed E-state index contributed by atoms with van der Waals surface area (Å²) in [5, 5.41) is 0.904. The molecule has 2 aliphatic rings. The predicted octanol–water partition coefficient (Wildman–Crippen LogP) is 2.92. The second-order valence-electron chi connectivity index (χ2n) is 6.83. The third-order valence-electron chi connectivity index (χ3n) is 5.10. The molecule has 1 aliphatic heterocycles. The molecular weight excluding hydrogens is 342 g/mol. The summed E-state index contributed by atoms with van der Waals surface area (Å²) in [5.41, 5.74) is 3.58. The summed E-state index contributed by atoms with van der Waals surface area (Å²) in [7, 11) is -3.07. The Hall–Kier alpha value is -1.18. The Morgan fingerprint density at radius 1 is 1.12 bits per heavy atom. The summed E-state index contributed by atoms with van der Waals surface area (Å²) in [6, 6.07) is 4.28. The first kappa shape index (κ1) is 16.3. The van der Waals surface area contributed by atoms with E-state index in [1.807, 2.05) is 0 Å². The van der Waals surface area contributed by atoms with Gasteiger partial charge in [0.1, 0.15) is 0 Å². The number of aryl methyl sites for hydroxylation is 2. The van der Waals surface area contributed by atoms with Gasteiger partial charge in [-0.1, -0.05) is 17.4 Å². The van der Waals surface area contributed by atoms with Crippen LogP contribution >= 0.6 is 11.3 Å². The first-order chi connectivity index (χ1) is 11.5. The lowest BCUT2D eigenvalue weighted by molar-refractivity contribution is 0.432. The molecule has 2 heterocycles. The molecule has 24 heavy (non-hydrogen) atoms. The topological polar surface area (TPSA) is 53.5 Å². The van der Waals surface area contributed by atoms with Crippen LogP contribution in [-0.4, -0.2) is 49.1 Å². The van der Waals surface area contributed by atoms with E-state index in [1.165, 1.54) is 15.8 Å². The molecule has 0 radical (unpaired) electrons. The van der Waals surface area contributed by atoms with Crippen LogP contribution in [0.15, 0.2) is 12.1 Å². The fraction of sp³-hybridized carbons (Fsp3) is 0.588. The second kappa shape index (κ2) is 5.97. The first-order valence-corrected chi connectivity index (χ1v) is 10.9. The number of nitrogens with zero attached hydrogens (tertiary/aromatic N) is 3. The highest BCUT2D eigenvalue weighted by molar-refractivity contribution is 7.90. The largest absolute Gasteiger partial charge is 0.347 e. The molecule has 1 aromatic heterocycles. The molecule has 5 nitrogen and oxygen atoms in total. The van der Waals surface area contributed by atoms with E-state index < -0.39 is 10.0 Å². The molecule has 0 amide bonds. The maximum Gasteiger partial charge on any atom is 0.217 e. The summed E-state index contributed by atoms with van der Waals surface area (Å²) in [4.78, 5) is 7.10. The van der Waals surface area contributed by atoms with Crippen molar-refractivity contribution in [2.45, 2.75) is 38.4 Å². The van der Waals surface area contributed by atoms with E-state index in [1.54, 1.807) is 15.6 Å². The Morgan fingerprint density at radius 3 is 2.67 bits per heavy atom. The van der Waals surface area contributed by atoms with Crippen molar-refractivity contribution >= 4 is 36.7 Å². The van der Waals surface area contributed by atoms with Gasteiger partial charge < -0.3 is 4.90 Å². The third-order valence-corrected chi connectivity index (χ3v) is 8.58. The van der Waals surface area contributed by atoms with E-state index in [9.17, 15) is 8.42 Å². The van der Waals surface area contributed by atoms with Gasteiger partial charge in [-0.25, -0.2) is 13.4 Å². The SMILES string of the molecule is Cc1ccc2sc(N3CCCN(S(=O)(=O)C4CC4)CC3)nc2c1C. The van der Waals surface area contributed by atoms with Crippen molar-refractivity contribution in [2.24, 2.45) is 0 Å². The summed E-state index contributed by atoms with van der Waals surface area (Å²) >= 11 is 1.71. The number of hydrogen-bond donors (Lipinski definition) is 0. The van der Waals surface area contributed by atoms with Crippen LogP contribution < -0.4 is 4.90 Å². The van der Waals surface area contributed by atoms with Crippen molar-refractivity contribution in [1.29, 1.82) is 0 Å². The molecule has 1 saturated carbocycles. The van der Waals surface area contributed by atoms with Crippen molar-refractivity contribution in [1.82, 2.24) is 9.29 Å². The molecule has 1 aromatic carbocycles. The monoisotopic (exact) mass is 365 g/mol. The lowest BCUT2D eigenvalue weighted by Gasteiger charge is -2.21. The van der Waals surface area contributed by atoms with Gasteiger partial charge in [-0.05, 0) is 50.3 Å². The van der Waals surface area contributed by atoms with Crippen molar-refractivity contribution in [3.63, 3.8) is 0 Å². The number of thiazole rings is 1. The molecule has 4 rings (SSSR count). The third kappa shape index (κ3) is 2.82. The van der Waals surface area contributed by atoms with E-state index in [-0.39, 0.29) is 5.25 Å². The minimum absolute atomic E-state index is 0.114. The smallest absolute Gasteiger partial charge is 0.217 e. The number of sulfonamides is 1. The maximum atomic E-state index is 12.5. The summed E-state index contributed by atoms with van der Waals surface area (Å²) < 4.78 is 27.8. The van der Waals surface area contributed by atoms with Gasteiger partial charge >= 0.3 is 0 Å². The van der Waals surface area contributed by atoms with Crippen LogP contribution in [0.2, 0.25) is 0 Å². The van der Waals surface area contributed by atoms with Gasteiger partial charge in [-0.3, -0.25) is 0 Å². The molecule has 0 atom stereocenters. The van der Waals surface area contributed by atoms with Gasteiger partial charge in [0.2, 0.25) is 10.0 Å². The highest BCUT2D eigenvalue weighted by atomic mass is 32.2. The Labute approximate surface area is 147 Å². The van der Waals surface area contributed by atoms with Crippen LogP contribution in [0.3, 0.4) is 0 Å². The minimum atomic E-state index is -3.07. The lowest BCUT2D eigenvalue weighted by Crippen LogP contribution is -2.37. The Morgan fingerprint density at radius 2 is 1.92 bits per heavy atom. The fourth-order valence-corrected chi connectivity index (χ4v) is 6.22. The van der Waals surface area contributed by atoms with Crippen molar-refractivity contribution in [2.75, 3.05) is 31.1 Å². The molecule has 0 unspecified atom stereocenters. The number of rotatable bonds is 3. The van der Waals surface area contributed by atoms with Crippen LogP contribution in [-0.2, 0) is 10.0 Å². The van der Waals surface area contributed by atoms with Gasteiger partial charge in [0.25, 0.3) is 0 Å². The molecule has 1 saturated heterocycles. The van der Waals surface area contributed by atoms with Gasteiger partial charge in [0.15, 0.2) is 5.13 Å². The zero-order valence-electron chi connectivity index (χ0n) is 14.2. The van der Waals surface area contributed by atoms with Crippen molar-refractivity contribution in [3.8, 4) is 0 Å². The van der Waals surface area contributed by atoms with Crippen molar-refractivity contribution < 1.29 is 8.42 Å². The molecule has 0 spiro atoms. The number of benzene rings is 1. The second-order valence-corrected chi connectivity index (χ2v) is 10.1. The predicted molar refractivity (Wildman–Crippen MR) is 99.4 cm³/mol. The normalized spacial score (nSPS) is 20.5. The minimum Gasteiger partial charge on any atom is -0.347 e. The zero-order chi connectivity index (χ0) is 16.9. The molecule has 0 bridgehead atoms. The van der Waals surface area contributed by atoms with E-state index in [2.05, 4.69) is 30.9 Å². The van der Waals surface area contributed by atoms with Gasteiger partial charge in [0.05, 0.1) is 15.5 Å². The average molecular weight is 366 g/mol. The van der Waals surface area contributed by atoms with Gasteiger partial charge in [-0.2, -0.15) is 4.31 Å². The van der Waals surface area contributed by atoms with Crippen LogP contribution in [0.5, 0.6) is 0 Å². The van der Waals surface area contributed by atoms with Crippen LogP contribution in [0.1, 0.15) is 30.4 Å². The molecule has 2 fully saturated rings. The Kier molecular flexibility index (Phi) is 4.05. The Balaban J connectivity index is 1.56. The van der Waals surface area contributed by atoms with Crippen LogP contribution in [0.25, 0.3) is 10.2 Å². The molecular formula is C17H23N3O2S2. The zero-order valence-corrected chi connectivity index (χ0v) is 15.8. The lowest BCUT2D eigenvalue weighted by atomic mass is 10.1. The quantitative estimate of drug-likeness (QED) is 0.839. The van der Waals surface area contributed by atoms with E-state index >= 15 is 0 Å². The summed E-state index contributed by atoms with van der Waals surface area (Å²) in [6.07, 6.45) is 2.53. The maximum absolute atomic E-state index is 12.5. The molecule has 130 valence electrons. The highest BCUT2D eigenvalue weighted by Gasteiger charge is 2.40. The van der Waals surface area contributed by atoms with Gasteiger partial charge in [0, 0.05) is 26.2 Å². The number of aromatic nitrogens is 1.